The summed E-state index contributed by atoms with van der Waals surface area (Å²) in [6.45, 7) is 2.07. The first-order chi connectivity index (χ1) is 5.70. The molecule has 1 aliphatic heterocycles. The van der Waals surface area contributed by atoms with Crippen LogP contribution >= 0.6 is 22.6 Å². The number of hydrogen-bond donors (Lipinski definition) is 1. The zero-order valence-corrected chi connectivity index (χ0v) is 9.36. The molecule has 0 saturated heterocycles. The Morgan fingerprint density at radius 3 is 2.58 bits per heavy atom. The van der Waals surface area contributed by atoms with Gasteiger partial charge >= 0.3 is 0 Å². The Morgan fingerprint density at radius 2 is 2.25 bits per heavy atom. The van der Waals surface area contributed by atoms with Crippen LogP contribution in [0.15, 0.2) is 5.10 Å². The van der Waals surface area contributed by atoms with Crippen LogP contribution in [-0.4, -0.2) is 26.9 Å². The van der Waals surface area contributed by atoms with Crippen LogP contribution in [0, 0.1) is 0 Å². The smallest absolute Gasteiger partial charge is 0.112 e. The Hall–Kier alpha value is 0.160. The fourth-order valence-electron chi connectivity index (χ4n) is 1.66. The molecule has 0 aromatic carbocycles. The monoisotopic (exact) mass is 279 g/mol. The summed E-state index contributed by atoms with van der Waals surface area (Å²) in [4.78, 5) is 0. The Bertz CT molecular complexity index is 212. The van der Waals surface area contributed by atoms with Crippen molar-refractivity contribution in [1.82, 2.24) is 5.01 Å². The van der Waals surface area contributed by atoms with Crippen molar-refractivity contribution in [2.45, 2.75) is 42.3 Å². The molecule has 3 nitrogen and oxygen atoms in total. The molecule has 1 saturated carbocycles. The highest BCUT2D eigenvalue weighted by atomic mass is 127. The van der Waals surface area contributed by atoms with E-state index in [9.17, 15) is 0 Å². The molecule has 0 bridgehead atoms. The van der Waals surface area contributed by atoms with Crippen molar-refractivity contribution in [3.05, 3.63) is 0 Å². The first-order valence-electron chi connectivity index (χ1n) is 4.43. The lowest BCUT2D eigenvalue weighted by Crippen LogP contribution is -2.48. The number of nitrogens with zero attached hydrogens (tertiary/aromatic N) is 2. The molecule has 1 heterocycles. The summed E-state index contributed by atoms with van der Waals surface area (Å²) in [7, 11) is 0. The zero-order valence-electron chi connectivity index (χ0n) is 7.20. The van der Waals surface area contributed by atoms with Crippen LogP contribution in [0.1, 0.15) is 26.2 Å². The summed E-state index contributed by atoms with van der Waals surface area (Å²) in [6, 6.07) is 0.634. The quantitative estimate of drug-likeness (QED) is 0.581. The summed E-state index contributed by atoms with van der Waals surface area (Å²) in [6.07, 6.45) is 4.01. The zero-order chi connectivity index (χ0) is 8.72. The number of hydrogen-bond acceptors (Lipinski definition) is 3. The van der Waals surface area contributed by atoms with Crippen LogP contribution in [0.2, 0.25) is 0 Å². The molecule has 12 heavy (non-hydrogen) atoms. The van der Waals surface area contributed by atoms with Crippen molar-refractivity contribution in [3.63, 3.8) is 0 Å². The minimum Gasteiger partial charge on any atom is -0.309 e. The van der Waals surface area contributed by atoms with Gasteiger partial charge in [-0.1, -0.05) is 22.6 Å². The lowest BCUT2D eigenvalue weighted by atomic mass is 9.92. The van der Waals surface area contributed by atoms with Gasteiger partial charge < -0.3 is 5.73 Å². The van der Waals surface area contributed by atoms with Crippen molar-refractivity contribution in [2.75, 3.05) is 0 Å². The highest BCUT2D eigenvalue weighted by Gasteiger charge is 2.36. The summed E-state index contributed by atoms with van der Waals surface area (Å²) in [5, 5.41) is 6.60. The molecule has 2 N–H and O–H groups in total. The molecule has 0 aromatic heterocycles. The molecule has 4 heteroatoms. The Balaban J connectivity index is 2.07. The maximum Gasteiger partial charge on any atom is 0.112 e. The molecule has 0 aromatic rings. The number of alkyl halides is 1. The number of nitrogens with two attached hydrogens (primary N) is 1. The minimum absolute atomic E-state index is 0.121. The van der Waals surface area contributed by atoms with E-state index in [2.05, 4.69) is 39.6 Å². The highest BCUT2D eigenvalue weighted by molar-refractivity contribution is 14.1. The van der Waals surface area contributed by atoms with Gasteiger partial charge in [-0.2, -0.15) is 5.10 Å². The van der Waals surface area contributed by atoms with E-state index in [-0.39, 0.29) is 6.17 Å². The van der Waals surface area contributed by atoms with Crippen LogP contribution in [0.5, 0.6) is 0 Å². The molecule has 2 unspecified atom stereocenters. The van der Waals surface area contributed by atoms with Gasteiger partial charge in [-0.05, 0) is 26.2 Å². The average molecular weight is 279 g/mol. The Labute approximate surface area is 86.5 Å². The molecular weight excluding hydrogens is 265 g/mol. The molecule has 0 amide bonds. The molecule has 0 radical (unpaired) electrons. The van der Waals surface area contributed by atoms with Crippen molar-refractivity contribution in [2.24, 2.45) is 10.8 Å². The second-order valence-electron chi connectivity index (χ2n) is 3.60. The van der Waals surface area contributed by atoms with Gasteiger partial charge in [0.2, 0.25) is 0 Å². The van der Waals surface area contributed by atoms with E-state index in [0.717, 1.165) is 0 Å². The summed E-state index contributed by atoms with van der Waals surface area (Å²) in [5.74, 6) is 0. The summed E-state index contributed by atoms with van der Waals surface area (Å²) < 4.78 is 0.406. The van der Waals surface area contributed by atoms with Crippen LogP contribution in [0.3, 0.4) is 0 Å². The lowest BCUT2D eigenvalue weighted by molar-refractivity contribution is 0.104. The molecule has 68 valence electrons. The highest BCUT2D eigenvalue weighted by Crippen LogP contribution is 2.31. The third-order valence-electron chi connectivity index (χ3n) is 2.73. The predicted octanol–water partition coefficient (Wildman–Crippen LogP) is 1.32. The van der Waals surface area contributed by atoms with Gasteiger partial charge in [-0.3, -0.25) is 5.01 Å². The lowest BCUT2D eigenvalue weighted by Gasteiger charge is -2.36. The third kappa shape index (κ3) is 1.25. The molecule has 2 rings (SSSR count). The second kappa shape index (κ2) is 3.14. The van der Waals surface area contributed by atoms with E-state index in [1.807, 2.05) is 0 Å². The number of hydrazone groups is 1. The van der Waals surface area contributed by atoms with Crippen molar-refractivity contribution in [1.29, 1.82) is 0 Å². The molecule has 2 aliphatic rings. The fourth-order valence-corrected chi connectivity index (χ4v) is 2.12. The molecule has 1 fully saturated rings. The SMILES string of the molecule is CC1=NN(C2CCC2)C(N)C1I. The number of halogens is 1. The van der Waals surface area contributed by atoms with Crippen molar-refractivity contribution in [3.8, 4) is 0 Å². The fraction of sp³-hybridized carbons (Fsp3) is 0.875. The van der Waals surface area contributed by atoms with Gasteiger partial charge in [0.05, 0.1) is 9.64 Å². The van der Waals surface area contributed by atoms with Crippen LogP contribution in [0.25, 0.3) is 0 Å². The van der Waals surface area contributed by atoms with E-state index in [4.69, 9.17) is 5.73 Å². The van der Waals surface area contributed by atoms with Gasteiger partial charge in [0.25, 0.3) is 0 Å². The first-order valence-corrected chi connectivity index (χ1v) is 5.68. The molecular formula is C8H14IN3. The van der Waals surface area contributed by atoms with E-state index in [0.29, 0.717) is 9.97 Å². The third-order valence-corrected chi connectivity index (χ3v) is 4.36. The largest absolute Gasteiger partial charge is 0.309 e. The first kappa shape index (κ1) is 8.74. The van der Waals surface area contributed by atoms with Crippen LogP contribution in [0.4, 0.5) is 0 Å². The van der Waals surface area contributed by atoms with Crippen molar-refractivity contribution < 1.29 is 0 Å². The second-order valence-corrected chi connectivity index (χ2v) is 4.94. The summed E-state index contributed by atoms with van der Waals surface area (Å²) >= 11 is 2.38. The molecule has 1 aliphatic carbocycles. The maximum atomic E-state index is 6.03. The number of rotatable bonds is 1. The predicted molar refractivity (Wildman–Crippen MR) is 58.4 cm³/mol. The van der Waals surface area contributed by atoms with E-state index in [1.165, 1.54) is 25.0 Å². The maximum absolute atomic E-state index is 6.03. The van der Waals surface area contributed by atoms with Gasteiger partial charge in [-0.25, -0.2) is 0 Å². The Kier molecular flexibility index (Phi) is 2.29. The Morgan fingerprint density at radius 1 is 1.58 bits per heavy atom. The van der Waals surface area contributed by atoms with E-state index < -0.39 is 0 Å². The standard InChI is InChI=1S/C8H14IN3/c1-5-7(9)8(10)12(11-5)6-3-2-4-6/h6-8H,2-4,10H2,1H3. The van der Waals surface area contributed by atoms with Gasteiger partial charge in [-0.15, -0.1) is 0 Å². The van der Waals surface area contributed by atoms with Crippen molar-refractivity contribution >= 4 is 28.3 Å². The summed E-state index contributed by atoms with van der Waals surface area (Å²) in [5.41, 5.74) is 7.20. The van der Waals surface area contributed by atoms with E-state index >= 15 is 0 Å². The molecule has 2 atom stereocenters. The minimum atomic E-state index is 0.121. The van der Waals surface area contributed by atoms with Gasteiger partial charge in [0.15, 0.2) is 0 Å². The van der Waals surface area contributed by atoms with E-state index in [1.54, 1.807) is 0 Å². The molecule has 0 spiro atoms. The average Bonchev–Trinajstić information content (AvgIpc) is 2.15. The van der Waals surface area contributed by atoms with Crippen LogP contribution in [-0.2, 0) is 0 Å². The van der Waals surface area contributed by atoms with Gasteiger partial charge in [0.1, 0.15) is 6.17 Å². The van der Waals surface area contributed by atoms with Crippen LogP contribution < -0.4 is 5.73 Å². The van der Waals surface area contributed by atoms with Gasteiger partial charge in [0, 0.05) is 6.04 Å². The normalized spacial score (nSPS) is 36.6. The topological polar surface area (TPSA) is 41.6 Å².